The molecular weight excluding hydrogens is 275 g/mol. The molecule has 0 aromatic heterocycles. The quantitative estimate of drug-likeness (QED) is 0.510. The summed E-state index contributed by atoms with van der Waals surface area (Å²) in [5, 5.41) is 7.08. The summed E-state index contributed by atoms with van der Waals surface area (Å²) in [6, 6.07) is 4.98. The van der Waals surface area contributed by atoms with E-state index < -0.39 is 11.7 Å². The average molecular weight is 289 g/mol. The molecule has 104 valence electrons. The average Bonchev–Trinajstić information content (AvgIpc) is 2.35. The molecule has 0 saturated heterocycles. The van der Waals surface area contributed by atoms with E-state index in [1.807, 2.05) is 6.92 Å². The standard InChI is InChI=1S/C12H14F3N3S/c1-3-16-11(19)18-17-8(2)9-5-4-6-10(7-9)12(13,14)15/h4-7H,3H2,1-2H3,(H2,16,18,19). The minimum atomic E-state index is -4.36. The van der Waals surface area contributed by atoms with Crippen LogP contribution in [-0.2, 0) is 6.18 Å². The molecule has 0 aliphatic heterocycles. The number of halogens is 3. The van der Waals surface area contributed by atoms with Gasteiger partial charge in [0.1, 0.15) is 0 Å². The lowest BCUT2D eigenvalue weighted by molar-refractivity contribution is -0.137. The maximum atomic E-state index is 12.6. The van der Waals surface area contributed by atoms with Gasteiger partial charge < -0.3 is 5.32 Å². The molecule has 3 nitrogen and oxygen atoms in total. The monoisotopic (exact) mass is 289 g/mol. The van der Waals surface area contributed by atoms with Gasteiger partial charge in [-0.15, -0.1) is 0 Å². The summed E-state index contributed by atoms with van der Waals surface area (Å²) in [6.07, 6.45) is -4.36. The molecule has 0 fully saturated rings. The fraction of sp³-hybridized carbons (Fsp3) is 0.333. The zero-order valence-electron chi connectivity index (χ0n) is 10.5. The first-order valence-corrected chi connectivity index (χ1v) is 6.01. The van der Waals surface area contributed by atoms with Crippen molar-refractivity contribution in [2.75, 3.05) is 6.54 Å². The van der Waals surface area contributed by atoms with Gasteiger partial charge >= 0.3 is 6.18 Å². The predicted octanol–water partition coefficient (Wildman–Crippen LogP) is 2.91. The molecule has 0 aliphatic carbocycles. The van der Waals surface area contributed by atoms with Gasteiger partial charge in [-0.2, -0.15) is 18.3 Å². The molecule has 2 N–H and O–H groups in total. The van der Waals surface area contributed by atoms with E-state index in [2.05, 4.69) is 15.8 Å². The lowest BCUT2D eigenvalue weighted by Crippen LogP contribution is -2.32. The van der Waals surface area contributed by atoms with Crippen LogP contribution in [0.5, 0.6) is 0 Å². The van der Waals surface area contributed by atoms with Crippen LogP contribution >= 0.6 is 12.2 Å². The zero-order chi connectivity index (χ0) is 14.5. The van der Waals surface area contributed by atoms with Gasteiger partial charge in [0.05, 0.1) is 11.3 Å². The Morgan fingerprint density at radius 2 is 2.05 bits per heavy atom. The Morgan fingerprint density at radius 1 is 1.37 bits per heavy atom. The van der Waals surface area contributed by atoms with Crippen molar-refractivity contribution in [1.29, 1.82) is 0 Å². The summed E-state index contributed by atoms with van der Waals surface area (Å²) < 4.78 is 37.7. The van der Waals surface area contributed by atoms with Gasteiger partial charge in [0, 0.05) is 6.54 Å². The van der Waals surface area contributed by atoms with Crippen LogP contribution in [0.25, 0.3) is 0 Å². The fourth-order valence-electron chi connectivity index (χ4n) is 1.32. The molecule has 0 atom stereocenters. The van der Waals surface area contributed by atoms with Gasteiger partial charge in [-0.25, -0.2) is 0 Å². The van der Waals surface area contributed by atoms with Crippen LogP contribution in [0.3, 0.4) is 0 Å². The van der Waals surface area contributed by atoms with Crippen molar-refractivity contribution in [1.82, 2.24) is 10.7 Å². The molecule has 19 heavy (non-hydrogen) atoms. The Kier molecular flexibility index (Phi) is 5.29. The molecule has 0 bridgehead atoms. The number of alkyl halides is 3. The number of benzene rings is 1. The summed E-state index contributed by atoms with van der Waals surface area (Å²) in [6.45, 7) is 4.12. The minimum Gasteiger partial charge on any atom is -0.362 e. The maximum absolute atomic E-state index is 12.6. The lowest BCUT2D eigenvalue weighted by atomic mass is 10.1. The van der Waals surface area contributed by atoms with Crippen molar-refractivity contribution in [3.05, 3.63) is 35.4 Å². The largest absolute Gasteiger partial charge is 0.416 e. The van der Waals surface area contributed by atoms with Crippen LogP contribution in [0.4, 0.5) is 13.2 Å². The van der Waals surface area contributed by atoms with E-state index in [1.165, 1.54) is 6.07 Å². The minimum absolute atomic E-state index is 0.328. The van der Waals surface area contributed by atoms with E-state index in [4.69, 9.17) is 12.2 Å². The van der Waals surface area contributed by atoms with E-state index >= 15 is 0 Å². The van der Waals surface area contributed by atoms with Crippen LogP contribution in [0.2, 0.25) is 0 Å². The zero-order valence-corrected chi connectivity index (χ0v) is 11.3. The van der Waals surface area contributed by atoms with E-state index in [0.717, 1.165) is 12.1 Å². The molecule has 0 amide bonds. The number of nitrogens with one attached hydrogen (secondary N) is 2. The first-order chi connectivity index (χ1) is 8.84. The van der Waals surface area contributed by atoms with Crippen LogP contribution in [0.15, 0.2) is 29.4 Å². The van der Waals surface area contributed by atoms with Crippen LogP contribution in [0.1, 0.15) is 25.0 Å². The summed E-state index contributed by atoms with van der Waals surface area (Å²) in [5.41, 5.74) is 2.68. The van der Waals surface area contributed by atoms with Gasteiger partial charge in [-0.05, 0) is 43.8 Å². The third kappa shape index (κ3) is 4.86. The number of hydrazone groups is 1. The van der Waals surface area contributed by atoms with Gasteiger partial charge in [0.15, 0.2) is 5.11 Å². The van der Waals surface area contributed by atoms with E-state index in [-0.39, 0.29) is 0 Å². The van der Waals surface area contributed by atoms with Crippen molar-refractivity contribution in [3.8, 4) is 0 Å². The van der Waals surface area contributed by atoms with Crippen molar-refractivity contribution in [2.24, 2.45) is 5.10 Å². The number of thiocarbonyl (C=S) groups is 1. The summed E-state index contributed by atoms with van der Waals surface area (Å²) in [4.78, 5) is 0. The van der Waals surface area contributed by atoms with E-state index in [1.54, 1.807) is 13.0 Å². The Labute approximate surface area is 114 Å². The van der Waals surface area contributed by atoms with E-state index in [0.29, 0.717) is 22.9 Å². The summed E-state index contributed by atoms with van der Waals surface area (Å²) >= 11 is 4.90. The van der Waals surface area contributed by atoms with Gasteiger partial charge in [0.25, 0.3) is 0 Å². The van der Waals surface area contributed by atoms with Crippen LogP contribution < -0.4 is 10.7 Å². The van der Waals surface area contributed by atoms with Crippen molar-refractivity contribution < 1.29 is 13.2 Å². The van der Waals surface area contributed by atoms with Gasteiger partial charge in [0.2, 0.25) is 0 Å². The smallest absolute Gasteiger partial charge is 0.362 e. The molecule has 0 spiro atoms. The fourth-order valence-corrected chi connectivity index (χ4v) is 1.51. The lowest BCUT2D eigenvalue weighted by Gasteiger charge is -2.09. The normalized spacial score (nSPS) is 12.2. The third-order valence-electron chi connectivity index (χ3n) is 2.27. The van der Waals surface area contributed by atoms with Crippen LogP contribution in [-0.4, -0.2) is 17.4 Å². The van der Waals surface area contributed by atoms with Crippen molar-refractivity contribution in [2.45, 2.75) is 20.0 Å². The highest BCUT2D eigenvalue weighted by atomic mass is 32.1. The predicted molar refractivity (Wildman–Crippen MR) is 73.1 cm³/mol. The first kappa shape index (κ1) is 15.4. The van der Waals surface area contributed by atoms with Gasteiger partial charge in [-0.1, -0.05) is 12.1 Å². The van der Waals surface area contributed by atoms with Crippen molar-refractivity contribution in [3.63, 3.8) is 0 Å². The number of hydrogen-bond donors (Lipinski definition) is 2. The molecule has 1 aromatic carbocycles. The highest BCUT2D eigenvalue weighted by Crippen LogP contribution is 2.29. The molecule has 1 rings (SSSR count). The molecule has 0 aliphatic rings. The second-order valence-electron chi connectivity index (χ2n) is 3.75. The molecule has 0 radical (unpaired) electrons. The first-order valence-electron chi connectivity index (χ1n) is 5.60. The van der Waals surface area contributed by atoms with Crippen LogP contribution in [0, 0.1) is 0 Å². The summed E-state index contributed by atoms with van der Waals surface area (Å²) in [5.74, 6) is 0. The third-order valence-corrected chi connectivity index (χ3v) is 2.51. The molecule has 7 heteroatoms. The number of rotatable bonds is 3. The highest BCUT2D eigenvalue weighted by molar-refractivity contribution is 7.80. The van der Waals surface area contributed by atoms with Crippen molar-refractivity contribution >= 4 is 23.0 Å². The Balaban J connectivity index is 2.85. The Hall–Kier alpha value is -1.63. The van der Waals surface area contributed by atoms with E-state index in [9.17, 15) is 13.2 Å². The van der Waals surface area contributed by atoms with Gasteiger partial charge in [-0.3, -0.25) is 5.43 Å². The molecule has 0 unspecified atom stereocenters. The molecule has 1 aromatic rings. The second-order valence-corrected chi connectivity index (χ2v) is 4.16. The number of hydrogen-bond acceptors (Lipinski definition) is 2. The molecular formula is C12H14F3N3S. The summed E-state index contributed by atoms with van der Waals surface area (Å²) in [7, 11) is 0. The second kappa shape index (κ2) is 6.51. The molecule has 0 saturated carbocycles. The Morgan fingerprint density at radius 3 is 2.63 bits per heavy atom. The molecule has 0 heterocycles. The highest BCUT2D eigenvalue weighted by Gasteiger charge is 2.30. The topological polar surface area (TPSA) is 36.4 Å². The Bertz CT molecular complexity index is 483. The maximum Gasteiger partial charge on any atom is 0.416 e. The SMILES string of the molecule is CCNC(=S)NN=C(C)c1cccc(C(F)(F)F)c1. The number of nitrogens with zero attached hydrogens (tertiary/aromatic N) is 1.